The predicted molar refractivity (Wildman–Crippen MR) is 68.6 cm³/mol. The van der Waals surface area contributed by atoms with E-state index in [1.807, 2.05) is 18.2 Å². The minimum Gasteiger partial charge on any atom is -0.495 e. The highest BCUT2D eigenvalue weighted by molar-refractivity contribution is 5.89. The molecule has 1 aromatic carbocycles. The minimum atomic E-state index is -0.0650. The molecule has 0 heterocycles. The third kappa shape index (κ3) is 2.90. The lowest BCUT2D eigenvalue weighted by Crippen LogP contribution is -2.27. The van der Waals surface area contributed by atoms with Crippen LogP contribution < -0.4 is 15.4 Å². The Bertz CT molecular complexity index is 414. The number of benzene rings is 1. The highest BCUT2D eigenvalue weighted by Crippen LogP contribution is 2.31. The van der Waals surface area contributed by atoms with Gasteiger partial charge in [0.15, 0.2) is 0 Å². The lowest BCUT2D eigenvalue weighted by molar-refractivity contribution is -0.114. The molecule has 0 saturated heterocycles. The number of anilines is 2. The Morgan fingerprint density at radius 3 is 2.71 bits per heavy atom. The summed E-state index contributed by atoms with van der Waals surface area (Å²) in [6, 6.07) is 6.16. The van der Waals surface area contributed by atoms with E-state index in [1.165, 1.54) is 26.2 Å². The van der Waals surface area contributed by atoms with Crippen LogP contribution in [-0.4, -0.2) is 19.1 Å². The topological polar surface area (TPSA) is 50.4 Å². The van der Waals surface area contributed by atoms with Crippen molar-refractivity contribution >= 4 is 17.3 Å². The molecular formula is C13H18N2O2. The van der Waals surface area contributed by atoms with Crippen LogP contribution in [0.1, 0.15) is 26.2 Å². The molecule has 0 aliphatic heterocycles. The first-order valence-corrected chi connectivity index (χ1v) is 5.91. The number of hydrogen-bond donors (Lipinski definition) is 2. The van der Waals surface area contributed by atoms with Gasteiger partial charge in [-0.25, -0.2) is 0 Å². The summed E-state index contributed by atoms with van der Waals surface area (Å²) < 4.78 is 5.30. The summed E-state index contributed by atoms with van der Waals surface area (Å²) in [5.74, 6) is 0.746. The van der Waals surface area contributed by atoms with E-state index in [0.29, 0.717) is 6.04 Å². The molecule has 4 heteroatoms. The minimum absolute atomic E-state index is 0.0650. The van der Waals surface area contributed by atoms with Crippen LogP contribution in [0.5, 0.6) is 5.75 Å². The number of rotatable bonds is 4. The second-order valence-corrected chi connectivity index (χ2v) is 4.37. The van der Waals surface area contributed by atoms with Gasteiger partial charge < -0.3 is 15.4 Å². The Morgan fingerprint density at radius 2 is 2.18 bits per heavy atom. The second kappa shape index (κ2) is 5.08. The van der Waals surface area contributed by atoms with Crippen LogP contribution in [0.4, 0.5) is 11.4 Å². The van der Waals surface area contributed by atoms with Gasteiger partial charge in [-0.15, -0.1) is 0 Å². The van der Waals surface area contributed by atoms with Gasteiger partial charge in [0.1, 0.15) is 5.75 Å². The molecule has 92 valence electrons. The molecule has 0 unspecified atom stereocenters. The molecule has 1 aliphatic carbocycles. The monoisotopic (exact) mass is 234 g/mol. The Kier molecular flexibility index (Phi) is 3.52. The number of hydrogen-bond acceptors (Lipinski definition) is 3. The number of methoxy groups -OCH3 is 1. The largest absolute Gasteiger partial charge is 0.495 e. The summed E-state index contributed by atoms with van der Waals surface area (Å²) in [5.41, 5.74) is 1.74. The number of nitrogens with one attached hydrogen (secondary N) is 2. The molecule has 0 radical (unpaired) electrons. The van der Waals surface area contributed by atoms with Crippen LogP contribution in [0, 0.1) is 0 Å². The molecule has 2 rings (SSSR count). The van der Waals surface area contributed by atoms with Gasteiger partial charge in [-0.2, -0.15) is 0 Å². The van der Waals surface area contributed by atoms with E-state index in [0.717, 1.165) is 17.1 Å². The van der Waals surface area contributed by atoms with Crippen LogP contribution in [0.15, 0.2) is 18.2 Å². The summed E-state index contributed by atoms with van der Waals surface area (Å²) in [4.78, 5) is 11.0. The summed E-state index contributed by atoms with van der Waals surface area (Å²) in [6.45, 7) is 1.50. The summed E-state index contributed by atoms with van der Waals surface area (Å²) in [5, 5.41) is 6.21. The van der Waals surface area contributed by atoms with E-state index >= 15 is 0 Å². The second-order valence-electron chi connectivity index (χ2n) is 4.37. The van der Waals surface area contributed by atoms with Crippen molar-refractivity contribution in [3.05, 3.63) is 18.2 Å². The van der Waals surface area contributed by atoms with E-state index < -0.39 is 0 Å². The Labute approximate surface area is 101 Å². The molecule has 17 heavy (non-hydrogen) atoms. The first-order valence-electron chi connectivity index (χ1n) is 5.91. The van der Waals surface area contributed by atoms with Crippen molar-refractivity contribution in [1.82, 2.24) is 0 Å². The summed E-state index contributed by atoms with van der Waals surface area (Å²) in [6.07, 6.45) is 3.69. The van der Waals surface area contributed by atoms with Crippen molar-refractivity contribution in [1.29, 1.82) is 0 Å². The lowest BCUT2D eigenvalue weighted by Gasteiger charge is -2.28. The summed E-state index contributed by atoms with van der Waals surface area (Å²) in [7, 11) is 1.65. The normalized spacial score (nSPS) is 14.9. The van der Waals surface area contributed by atoms with E-state index in [2.05, 4.69) is 10.6 Å². The van der Waals surface area contributed by atoms with Crippen molar-refractivity contribution in [3.8, 4) is 5.75 Å². The molecule has 1 saturated carbocycles. The average molecular weight is 234 g/mol. The molecule has 2 N–H and O–H groups in total. The van der Waals surface area contributed by atoms with Crippen LogP contribution >= 0.6 is 0 Å². The van der Waals surface area contributed by atoms with Gasteiger partial charge in [0, 0.05) is 18.7 Å². The Morgan fingerprint density at radius 1 is 1.41 bits per heavy atom. The molecule has 1 amide bonds. The van der Waals surface area contributed by atoms with E-state index in [9.17, 15) is 4.79 Å². The van der Waals surface area contributed by atoms with E-state index in [4.69, 9.17) is 4.74 Å². The zero-order valence-electron chi connectivity index (χ0n) is 10.2. The predicted octanol–water partition coefficient (Wildman–Crippen LogP) is 2.62. The Hall–Kier alpha value is -1.71. The van der Waals surface area contributed by atoms with Crippen LogP contribution in [0.2, 0.25) is 0 Å². The number of carbonyl (C=O) groups is 1. The first kappa shape index (κ1) is 11.8. The molecular weight excluding hydrogens is 216 g/mol. The fraction of sp³-hybridized carbons (Fsp3) is 0.462. The van der Waals surface area contributed by atoms with Crippen LogP contribution in [-0.2, 0) is 4.79 Å². The first-order chi connectivity index (χ1) is 8.19. The van der Waals surface area contributed by atoms with Gasteiger partial charge in [-0.1, -0.05) is 0 Å². The third-order valence-corrected chi connectivity index (χ3v) is 2.98. The third-order valence-electron chi connectivity index (χ3n) is 2.98. The molecule has 1 fully saturated rings. The maximum atomic E-state index is 11.0. The molecule has 0 bridgehead atoms. The Balaban J connectivity index is 2.15. The van der Waals surface area contributed by atoms with Crippen molar-refractivity contribution < 1.29 is 9.53 Å². The average Bonchev–Trinajstić information content (AvgIpc) is 2.23. The van der Waals surface area contributed by atoms with E-state index in [-0.39, 0.29) is 5.91 Å². The number of ether oxygens (including phenoxy) is 1. The molecule has 1 aromatic rings. The van der Waals surface area contributed by atoms with Gasteiger partial charge >= 0.3 is 0 Å². The van der Waals surface area contributed by atoms with Crippen LogP contribution in [0.25, 0.3) is 0 Å². The maximum Gasteiger partial charge on any atom is 0.221 e. The van der Waals surface area contributed by atoms with Gasteiger partial charge in [0.25, 0.3) is 0 Å². The molecule has 0 spiro atoms. The smallest absolute Gasteiger partial charge is 0.221 e. The van der Waals surface area contributed by atoms with Gasteiger partial charge in [0.05, 0.1) is 12.8 Å². The van der Waals surface area contributed by atoms with Gasteiger partial charge in [-0.05, 0) is 37.5 Å². The van der Waals surface area contributed by atoms with Crippen molar-refractivity contribution in [2.24, 2.45) is 0 Å². The highest BCUT2D eigenvalue weighted by atomic mass is 16.5. The van der Waals surface area contributed by atoms with Crippen molar-refractivity contribution in [2.75, 3.05) is 17.7 Å². The fourth-order valence-electron chi connectivity index (χ4n) is 1.87. The van der Waals surface area contributed by atoms with Gasteiger partial charge in [-0.3, -0.25) is 4.79 Å². The maximum absolute atomic E-state index is 11.0. The zero-order valence-corrected chi connectivity index (χ0v) is 10.2. The van der Waals surface area contributed by atoms with E-state index in [1.54, 1.807) is 7.11 Å². The molecule has 1 aliphatic rings. The highest BCUT2D eigenvalue weighted by Gasteiger charge is 2.18. The standard InChI is InChI=1S/C13H18N2O2/c1-9(16)14-11-6-7-13(17-2)12(8-11)15-10-4-3-5-10/h6-8,10,15H,3-5H2,1-2H3,(H,14,16). The quantitative estimate of drug-likeness (QED) is 0.842. The SMILES string of the molecule is COc1ccc(NC(C)=O)cc1NC1CCC1. The molecule has 4 nitrogen and oxygen atoms in total. The van der Waals surface area contributed by atoms with Crippen LogP contribution in [0.3, 0.4) is 0 Å². The van der Waals surface area contributed by atoms with Gasteiger partial charge in [0.2, 0.25) is 5.91 Å². The number of carbonyl (C=O) groups excluding carboxylic acids is 1. The number of amides is 1. The van der Waals surface area contributed by atoms with Crippen molar-refractivity contribution in [2.45, 2.75) is 32.2 Å². The fourth-order valence-corrected chi connectivity index (χ4v) is 1.87. The lowest BCUT2D eigenvalue weighted by atomic mass is 9.93. The molecule has 0 aromatic heterocycles. The van der Waals surface area contributed by atoms with Crippen molar-refractivity contribution in [3.63, 3.8) is 0 Å². The zero-order chi connectivity index (χ0) is 12.3. The molecule has 0 atom stereocenters. The summed E-state index contributed by atoms with van der Waals surface area (Å²) >= 11 is 0.